The van der Waals surface area contributed by atoms with Crippen LogP contribution in [-0.2, 0) is 11.3 Å². The number of hydrogen-bond acceptors (Lipinski definition) is 3. The summed E-state index contributed by atoms with van der Waals surface area (Å²) in [5.74, 6) is -0.224. The fraction of sp³-hybridized carbons (Fsp3) is 0.294. The second-order valence-corrected chi connectivity index (χ2v) is 4.87. The maximum atomic E-state index is 13.3. The van der Waals surface area contributed by atoms with Crippen LogP contribution in [0.4, 0.5) is 15.8 Å². The average Bonchev–Trinajstić information content (AvgIpc) is 2.51. The van der Waals surface area contributed by atoms with E-state index in [1.807, 2.05) is 30.1 Å². The second-order valence-electron chi connectivity index (χ2n) is 4.87. The van der Waals surface area contributed by atoms with Crippen molar-refractivity contribution in [2.75, 3.05) is 32.2 Å². The molecule has 0 spiro atoms. The normalized spacial score (nSPS) is 10.6. The summed E-state index contributed by atoms with van der Waals surface area (Å²) in [4.78, 5) is 1.96. The number of halogens is 1. The number of methoxy groups -OCH3 is 1. The minimum atomic E-state index is -0.224. The number of anilines is 2. The Hall–Kier alpha value is -1.91. The van der Waals surface area contributed by atoms with Gasteiger partial charge < -0.3 is 15.0 Å². The largest absolute Gasteiger partial charge is 0.383 e. The van der Waals surface area contributed by atoms with E-state index >= 15 is 0 Å². The summed E-state index contributed by atoms with van der Waals surface area (Å²) >= 11 is 0. The first kappa shape index (κ1) is 15.5. The molecule has 21 heavy (non-hydrogen) atoms. The van der Waals surface area contributed by atoms with E-state index in [1.165, 1.54) is 17.7 Å². The van der Waals surface area contributed by atoms with E-state index in [4.69, 9.17) is 4.74 Å². The van der Waals surface area contributed by atoms with E-state index in [-0.39, 0.29) is 5.82 Å². The maximum Gasteiger partial charge on any atom is 0.125 e. The Kier molecular flexibility index (Phi) is 5.72. The third-order valence-corrected chi connectivity index (χ3v) is 3.33. The number of ether oxygens (including phenoxy) is 1. The third-order valence-electron chi connectivity index (χ3n) is 3.33. The highest BCUT2D eigenvalue weighted by Gasteiger charge is 2.04. The van der Waals surface area contributed by atoms with Gasteiger partial charge in [-0.2, -0.15) is 0 Å². The Morgan fingerprint density at radius 1 is 1.10 bits per heavy atom. The van der Waals surface area contributed by atoms with Crippen molar-refractivity contribution in [3.8, 4) is 0 Å². The van der Waals surface area contributed by atoms with Gasteiger partial charge in [-0.1, -0.05) is 18.2 Å². The predicted octanol–water partition coefficient (Wildman–Crippen LogP) is 3.33. The van der Waals surface area contributed by atoms with Crippen LogP contribution in [0, 0.1) is 5.82 Å². The van der Waals surface area contributed by atoms with Crippen LogP contribution in [0.1, 0.15) is 5.56 Å². The van der Waals surface area contributed by atoms with Crippen LogP contribution >= 0.6 is 0 Å². The van der Waals surface area contributed by atoms with Crippen molar-refractivity contribution >= 4 is 11.4 Å². The lowest BCUT2D eigenvalue weighted by atomic mass is 10.2. The molecule has 0 radical (unpaired) electrons. The molecule has 2 aromatic rings. The SMILES string of the molecule is COCCNCc1ccc(N(C)c2cccc(F)c2)cc1. The van der Waals surface area contributed by atoms with E-state index in [1.54, 1.807) is 13.2 Å². The Balaban J connectivity index is 1.98. The van der Waals surface area contributed by atoms with Crippen molar-refractivity contribution in [1.29, 1.82) is 0 Å². The molecule has 112 valence electrons. The van der Waals surface area contributed by atoms with Crippen molar-refractivity contribution < 1.29 is 9.13 Å². The van der Waals surface area contributed by atoms with Gasteiger partial charge in [0.1, 0.15) is 5.82 Å². The second kappa shape index (κ2) is 7.76. The molecule has 2 rings (SSSR count). The zero-order chi connectivity index (χ0) is 15.1. The van der Waals surface area contributed by atoms with Crippen LogP contribution in [0.2, 0.25) is 0 Å². The van der Waals surface area contributed by atoms with Gasteiger partial charge in [0.15, 0.2) is 0 Å². The summed E-state index contributed by atoms with van der Waals surface area (Å²) in [7, 11) is 3.62. The number of hydrogen-bond donors (Lipinski definition) is 1. The van der Waals surface area contributed by atoms with Crippen LogP contribution in [0.3, 0.4) is 0 Å². The van der Waals surface area contributed by atoms with Gasteiger partial charge in [0, 0.05) is 38.6 Å². The van der Waals surface area contributed by atoms with Crippen molar-refractivity contribution in [2.45, 2.75) is 6.54 Å². The average molecular weight is 288 g/mol. The number of nitrogens with zero attached hydrogens (tertiary/aromatic N) is 1. The Bertz CT molecular complexity index is 557. The fourth-order valence-electron chi connectivity index (χ4n) is 2.08. The van der Waals surface area contributed by atoms with Gasteiger partial charge in [0.25, 0.3) is 0 Å². The molecule has 0 atom stereocenters. The van der Waals surface area contributed by atoms with E-state index in [0.717, 1.165) is 24.5 Å². The minimum Gasteiger partial charge on any atom is -0.383 e. The quantitative estimate of drug-likeness (QED) is 0.791. The highest BCUT2D eigenvalue weighted by Crippen LogP contribution is 2.24. The molecule has 0 heterocycles. The van der Waals surface area contributed by atoms with Gasteiger partial charge in [-0.3, -0.25) is 0 Å². The van der Waals surface area contributed by atoms with E-state index < -0.39 is 0 Å². The molecule has 0 saturated heterocycles. The topological polar surface area (TPSA) is 24.5 Å². The third kappa shape index (κ3) is 4.55. The van der Waals surface area contributed by atoms with Crippen LogP contribution < -0.4 is 10.2 Å². The number of nitrogens with one attached hydrogen (secondary N) is 1. The first-order valence-electron chi connectivity index (χ1n) is 6.98. The molecule has 4 heteroatoms. The summed E-state index contributed by atoms with van der Waals surface area (Å²) in [6.45, 7) is 2.36. The maximum absolute atomic E-state index is 13.3. The van der Waals surface area contributed by atoms with Crippen LogP contribution in [0.25, 0.3) is 0 Å². The zero-order valence-electron chi connectivity index (χ0n) is 12.5. The Morgan fingerprint density at radius 3 is 2.52 bits per heavy atom. The van der Waals surface area contributed by atoms with Crippen molar-refractivity contribution in [3.05, 3.63) is 59.9 Å². The van der Waals surface area contributed by atoms with E-state index in [2.05, 4.69) is 17.4 Å². The molecule has 0 aromatic heterocycles. The molecule has 0 bridgehead atoms. The highest BCUT2D eigenvalue weighted by molar-refractivity contribution is 5.62. The predicted molar refractivity (Wildman–Crippen MR) is 84.5 cm³/mol. The van der Waals surface area contributed by atoms with Gasteiger partial charge in [-0.05, 0) is 35.9 Å². The minimum absolute atomic E-state index is 0.224. The summed E-state index contributed by atoms with van der Waals surface area (Å²) in [6, 6.07) is 14.8. The van der Waals surface area contributed by atoms with Crippen LogP contribution in [0.15, 0.2) is 48.5 Å². The molecular weight excluding hydrogens is 267 g/mol. The molecule has 0 unspecified atom stereocenters. The molecule has 0 aliphatic carbocycles. The van der Waals surface area contributed by atoms with Gasteiger partial charge in [0.2, 0.25) is 0 Å². The van der Waals surface area contributed by atoms with Crippen molar-refractivity contribution in [1.82, 2.24) is 5.32 Å². The van der Waals surface area contributed by atoms with Crippen LogP contribution in [-0.4, -0.2) is 27.3 Å². The monoisotopic (exact) mass is 288 g/mol. The highest BCUT2D eigenvalue weighted by atomic mass is 19.1. The van der Waals surface area contributed by atoms with Crippen molar-refractivity contribution in [2.24, 2.45) is 0 Å². The lowest BCUT2D eigenvalue weighted by Gasteiger charge is -2.20. The van der Waals surface area contributed by atoms with Gasteiger partial charge >= 0.3 is 0 Å². The molecule has 0 aliphatic rings. The van der Waals surface area contributed by atoms with Gasteiger partial charge in [0.05, 0.1) is 6.61 Å². The lowest BCUT2D eigenvalue weighted by Crippen LogP contribution is -2.18. The Morgan fingerprint density at radius 2 is 1.86 bits per heavy atom. The van der Waals surface area contributed by atoms with E-state index in [0.29, 0.717) is 6.61 Å². The number of rotatable bonds is 7. The van der Waals surface area contributed by atoms with Crippen LogP contribution in [0.5, 0.6) is 0 Å². The lowest BCUT2D eigenvalue weighted by molar-refractivity contribution is 0.199. The summed E-state index contributed by atoms with van der Waals surface area (Å²) in [5.41, 5.74) is 3.07. The molecule has 1 N–H and O–H groups in total. The molecule has 2 aromatic carbocycles. The van der Waals surface area contributed by atoms with Gasteiger partial charge in [-0.25, -0.2) is 4.39 Å². The standard InChI is InChI=1S/C17H21FN2O/c1-20(17-5-3-4-15(18)12-17)16-8-6-14(7-9-16)13-19-10-11-21-2/h3-9,12,19H,10-11,13H2,1-2H3. The molecule has 0 saturated carbocycles. The Labute approximate surface area is 125 Å². The summed E-state index contributed by atoms with van der Waals surface area (Å²) in [6.07, 6.45) is 0. The molecule has 0 aliphatic heterocycles. The number of benzene rings is 2. The molecule has 0 amide bonds. The fourth-order valence-corrected chi connectivity index (χ4v) is 2.08. The molecule has 3 nitrogen and oxygen atoms in total. The first-order valence-corrected chi connectivity index (χ1v) is 6.98. The summed E-state index contributed by atoms with van der Waals surface area (Å²) < 4.78 is 18.3. The van der Waals surface area contributed by atoms with E-state index in [9.17, 15) is 4.39 Å². The van der Waals surface area contributed by atoms with Crippen molar-refractivity contribution in [3.63, 3.8) is 0 Å². The summed E-state index contributed by atoms with van der Waals surface area (Å²) in [5, 5.41) is 3.30. The zero-order valence-corrected chi connectivity index (χ0v) is 12.5. The molecular formula is C17H21FN2O. The molecule has 0 fully saturated rings. The first-order chi connectivity index (χ1) is 10.2. The van der Waals surface area contributed by atoms with Gasteiger partial charge in [-0.15, -0.1) is 0 Å². The smallest absolute Gasteiger partial charge is 0.125 e.